The van der Waals surface area contributed by atoms with E-state index >= 15 is 0 Å². The summed E-state index contributed by atoms with van der Waals surface area (Å²) < 4.78 is 6.18. The molecule has 0 aromatic carbocycles. The van der Waals surface area contributed by atoms with Crippen molar-refractivity contribution in [3.05, 3.63) is 0 Å². The Bertz CT molecular complexity index is 343. The Morgan fingerprint density at radius 3 is 2.25 bits per heavy atom. The van der Waals surface area contributed by atoms with Gasteiger partial charge in [0, 0.05) is 38.0 Å². The number of hydrogen-bond acceptors (Lipinski definition) is 5. The molecule has 24 heavy (non-hydrogen) atoms. The van der Waals surface area contributed by atoms with Crippen LogP contribution in [0.25, 0.3) is 0 Å². The van der Waals surface area contributed by atoms with Crippen molar-refractivity contribution >= 4 is 37.4 Å². The summed E-state index contributed by atoms with van der Waals surface area (Å²) in [5, 5.41) is 9.40. The van der Waals surface area contributed by atoms with E-state index in [0.717, 1.165) is 45.2 Å². The summed E-state index contributed by atoms with van der Waals surface area (Å²) in [6.07, 6.45) is 4.08. The highest BCUT2D eigenvalue weighted by molar-refractivity contribution is 7.81. The Morgan fingerprint density at radius 2 is 1.71 bits per heavy atom. The van der Waals surface area contributed by atoms with Gasteiger partial charge >= 0.3 is 0 Å². The van der Waals surface area contributed by atoms with Gasteiger partial charge in [0.05, 0.1) is 19.4 Å². The summed E-state index contributed by atoms with van der Waals surface area (Å²) in [6.45, 7) is 12.9. The Morgan fingerprint density at radius 1 is 1.12 bits per heavy atom. The van der Waals surface area contributed by atoms with E-state index in [-0.39, 0.29) is 36.8 Å². The van der Waals surface area contributed by atoms with Gasteiger partial charge in [0.2, 0.25) is 0 Å². The van der Waals surface area contributed by atoms with Gasteiger partial charge in [-0.3, -0.25) is 9.80 Å². The maximum absolute atomic E-state index is 9.12. The van der Waals surface area contributed by atoms with E-state index in [0.29, 0.717) is 11.5 Å². The Balaban J connectivity index is 0.00000264. The lowest BCUT2D eigenvalue weighted by Crippen LogP contribution is -2.48. The minimum absolute atomic E-state index is 0. The van der Waals surface area contributed by atoms with Crippen LogP contribution in [0, 0.1) is 11.3 Å². The number of rotatable bonds is 6. The second-order valence-corrected chi connectivity index (χ2v) is 8.81. The monoisotopic (exact) mass is 402 g/mol. The van der Waals surface area contributed by atoms with Gasteiger partial charge in [0.1, 0.15) is 0 Å². The van der Waals surface area contributed by atoms with Crippen molar-refractivity contribution in [1.29, 1.82) is 0 Å². The molecule has 3 atom stereocenters. The van der Waals surface area contributed by atoms with Crippen LogP contribution in [0.15, 0.2) is 0 Å². The first kappa shape index (κ1) is 24.8. The molecule has 2 fully saturated rings. The third-order valence-corrected chi connectivity index (χ3v) is 5.32. The van der Waals surface area contributed by atoms with Crippen molar-refractivity contribution in [3.8, 4) is 0 Å². The molecular formula is C17H36Cl2N2O2S. The first-order valence-electron chi connectivity index (χ1n) is 8.73. The van der Waals surface area contributed by atoms with Gasteiger partial charge in [0.15, 0.2) is 0 Å². The smallest absolute Gasteiger partial charge is 0.0957 e. The van der Waals surface area contributed by atoms with Crippen molar-refractivity contribution in [1.82, 2.24) is 9.80 Å². The maximum atomic E-state index is 9.12. The number of aliphatic hydroxyl groups is 1. The first-order chi connectivity index (χ1) is 10.4. The molecule has 3 unspecified atom stereocenters. The summed E-state index contributed by atoms with van der Waals surface area (Å²) in [4.78, 5) is 4.51. The fourth-order valence-corrected chi connectivity index (χ4v) is 4.41. The summed E-state index contributed by atoms with van der Waals surface area (Å²) in [5.41, 5.74) is 0.412. The largest absolute Gasteiger partial charge is 0.381 e. The molecule has 1 aliphatic carbocycles. The molecule has 0 radical (unpaired) electrons. The van der Waals surface area contributed by atoms with Gasteiger partial charge in [-0.25, -0.2) is 0 Å². The van der Waals surface area contributed by atoms with Gasteiger partial charge in [-0.1, -0.05) is 20.8 Å². The lowest BCUT2D eigenvalue weighted by Gasteiger charge is -2.39. The van der Waals surface area contributed by atoms with Crippen LogP contribution in [-0.2, 0) is 4.74 Å². The third-order valence-electron chi connectivity index (χ3n) is 5.00. The molecule has 1 saturated heterocycles. The predicted octanol–water partition coefficient (Wildman–Crippen LogP) is 2.93. The third kappa shape index (κ3) is 8.43. The summed E-state index contributed by atoms with van der Waals surface area (Å²) in [5.74, 6) is 0.763. The SMILES string of the molecule is CC1CC(OCC(S)CN2CCN(CO)CC2)CC(C)(C)C1.Cl.Cl. The van der Waals surface area contributed by atoms with Crippen LogP contribution in [0.1, 0.15) is 40.0 Å². The van der Waals surface area contributed by atoms with E-state index in [9.17, 15) is 0 Å². The number of piperazine rings is 1. The van der Waals surface area contributed by atoms with Crippen molar-refractivity contribution in [2.24, 2.45) is 11.3 Å². The van der Waals surface area contributed by atoms with Crippen LogP contribution in [0.2, 0.25) is 0 Å². The molecule has 2 aliphatic rings. The molecule has 1 aliphatic heterocycles. The van der Waals surface area contributed by atoms with Crippen molar-refractivity contribution < 1.29 is 9.84 Å². The lowest BCUT2D eigenvalue weighted by atomic mass is 9.71. The highest BCUT2D eigenvalue weighted by Crippen LogP contribution is 2.39. The summed E-state index contributed by atoms with van der Waals surface area (Å²) in [6, 6.07) is 0. The highest BCUT2D eigenvalue weighted by atomic mass is 35.5. The Kier molecular flexibility index (Phi) is 11.8. The predicted molar refractivity (Wildman–Crippen MR) is 109 cm³/mol. The zero-order valence-electron chi connectivity index (χ0n) is 15.3. The zero-order chi connectivity index (χ0) is 16.2. The number of ether oxygens (including phenoxy) is 1. The van der Waals surface area contributed by atoms with Crippen molar-refractivity contribution in [2.75, 3.05) is 46.1 Å². The number of aliphatic hydroxyl groups excluding tert-OH is 1. The van der Waals surface area contributed by atoms with E-state index in [1.54, 1.807) is 0 Å². The molecule has 7 heteroatoms. The number of halogens is 2. The van der Waals surface area contributed by atoms with Gasteiger partial charge in [0.25, 0.3) is 0 Å². The lowest BCUT2D eigenvalue weighted by molar-refractivity contribution is -0.0250. The highest BCUT2D eigenvalue weighted by Gasteiger charge is 2.32. The zero-order valence-corrected chi connectivity index (χ0v) is 17.8. The first-order valence-corrected chi connectivity index (χ1v) is 9.25. The van der Waals surface area contributed by atoms with Crippen LogP contribution in [0.3, 0.4) is 0 Å². The van der Waals surface area contributed by atoms with Gasteiger partial charge in [-0.05, 0) is 30.6 Å². The Labute approximate surface area is 165 Å². The average Bonchev–Trinajstić information content (AvgIpc) is 2.44. The standard InChI is InChI=1S/C17H34N2O2S.2ClH/c1-14-8-15(10-17(2,3)9-14)21-12-16(22)11-18-4-6-19(13-20)7-5-18;;/h14-16,20,22H,4-13H2,1-3H3;2*1H. The topological polar surface area (TPSA) is 35.9 Å². The molecule has 146 valence electrons. The van der Waals surface area contributed by atoms with Gasteiger partial charge in [-0.2, -0.15) is 12.6 Å². The van der Waals surface area contributed by atoms with Gasteiger partial charge < -0.3 is 9.84 Å². The fraction of sp³-hybridized carbons (Fsp3) is 1.00. The maximum Gasteiger partial charge on any atom is 0.0957 e. The second-order valence-electron chi connectivity index (χ2n) is 8.08. The molecule has 0 bridgehead atoms. The number of nitrogens with zero attached hydrogens (tertiary/aromatic N) is 2. The normalized spacial score (nSPS) is 29.4. The fourth-order valence-electron chi connectivity index (χ4n) is 4.10. The van der Waals surface area contributed by atoms with Crippen molar-refractivity contribution in [3.63, 3.8) is 0 Å². The average molecular weight is 403 g/mol. The second kappa shape index (κ2) is 11.5. The number of hydrogen-bond donors (Lipinski definition) is 2. The molecule has 1 saturated carbocycles. The van der Waals surface area contributed by atoms with Crippen LogP contribution in [0.5, 0.6) is 0 Å². The molecule has 0 aromatic heterocycles. The molecule has 0 aromatic rings. The molecule has 4 nitrogen and oxygen atoms in total. The summed E-state index contributed by atoms with van der Waals surface area (Å²) >= 11 is 4.72. The summed E-state index contributed by atoms with van der Waals surface area (Å²) in [7, 11) is 0. The van der Waals surface area contributed by atoms with Gasteiger partial charge in [-0.15, -0.1) is 24.8 Å². The quantitative estimate of drug-likeness (QED) is 0.669. The van der Waals surface area contributed by atoms with E-state index in [1.165, 1.54) is 19.3 Å². The molecule has 1 N–H and O–H groups in total. The minimum Gasteiger partial charge on any atom is -0.381 e. The van der Waals surface area contributed by atoms with Crippen LogP contribution in [-0.4, -0.2) is 72.3 Å². The molecule has 0 amide bonds. The molecule has 0 spiro atoms. The van der Waals surface area contributed by atoms with E-state index in [4.69, 9.17) is 22.5 Å². The van der Waals surface area contributed by atoms with Crippen LogP contribution < -0.4 is 0 Å². The van der Waals surface area contributed by atoms with Crippen LogP contribution in [0.4, 0.5) is 0 Å². The minimum atomic E-state index is 0. The Hall–Kier alpha value is 0.770. The van der Waals surface area contributed by atoms with Crippen LogP contribution >= 0.6 is 37.4 Å². The van der Waals surface area contributed by atoms with Crippen molar-refractivity contribution in [2.45, 2.75) is 51.4 Å². The van der Waals surface area contributed by atoms with E-state index < -0.39 is 0 Å². The van der Waals surface area contributed by atoms with E-state index in [2.05, 4.69) is 30.6 Å². The van der Waals surface area contributed by atoms with E-state index in [1.807, 2.05) is 0 Å². The molecule has 2 rings (SSSR count). The molecule has 1 heterocycles. The molecular weight excluding hydrogens is 367 g/mol. The number of thiol groups is 1.